The Kier molecular flexibility index (Phi) is 7.42. The Morgan fingerprint density at radius 2 is 1.62 bits per heavy atom. The van der Waals surface area contributed by atoms with Crippen LogP contribution in [0.4, 0.5) is 0 Å². The fourth-order valence-corrected chi connectivity index (χ4v) is 3.92. The minimum atomic E-state index is 0.0438. The van der Waals surface area contributed by atoms with E-state index in [1.165, 1.54) is 49.7 Å². The zero-order chi connectivity index (χ0) is 18.2. The normalized spacial score (nSPS) is 15.0. The molecule has 26 heavy (non-hydrogen) atoms. The quantitative estimate of drug-likeness (QED) is 0.695. The Morgan fingerprint density at radius 1 is 0.962 bits per heavy atom. The standard InChI is InChI=1S/C21H25ClN2OS/c22-19-8-10-20(11-9-19)26-16-21(25)23-14-17-4-6-18(7-5-17)15-24-12-2-1-3-13-24/h4-11H,1-3,12-16H2,(H,23,25). The maximum Gasteiger partial charge on any atom is 0.230 e. The average molecular weight is 389 g/mol. The third-order valence-electron chi connectivity index (χ3n) is 4.55. The van der Waals surface area contributed by atoms with Gasteiger partial charge < -0.3 is 5.32 Å². The van der Waals surface area contributed by atoms with Gasteiger partial charge in [0.15, 0.2) is 0 Å². The van der Waals surface area contributed by atoms with Gasteiger partial charge in [0.25, 0.3) is 0 Å². The van der Waals surface area contributed by atoms with E-state index in [0.29, 0.717) is 17.3 Å². The topological polar surface area (TPSA) is 32.3 Å². The molecule has 2 aromatic carbocycles. The molecule has 0 unspecified atom stereocenters. The van der Waals surface area contributed by atoms with Gasteiger partial charge in [0.05, 0.1) is 5.75 Å². The third-order valence-corrected chi connectivity index (χ3v) is 5.82. The zero-order valence-electron chi connectivity index (χ0n) is 14.9. The van der Waals surface area contributed by atoms with Crippen molar-refractivity contribution < 1.29 is 4.79 Å². The minimum Gasteiger partial charge on any atom is -0.351 e. The fraction of sp³-hybridized carbons (Fsp3) is 0.381. The number of piperidine rings is 1. The third kappa shape index (κ3) is 6.35. The number of thioether (sulfide) groups is 1. The lowest BCUT2D eigenvalue weighted by Gasteiger charge is -2.26. The zero-order valence-corrected chi connectivity index (χ0v) is 16.5. The van der Waals surface area contributed by atoms with E-state index < -0.39 is 0 Å². The molecule has 0 spiro atoms. The van der Waals surface area contributed by atoms with Crippen molar-refractivity contribution in [3.63, 3.8) is 0 Å². The fourth-order valence-electron chi connectivity index (χ4n) is 3.07. The lowest BCUT2D eigenvalue weighted by atomic mass is 10.1. The van der Waals surface area contributed by atoms with Gasteiger partial charge in [0.1, 0.15) is 0 Å². The second-order valence-electron chi connectivity index (χ2n) is 6.67. The molecule has 0 radical (unpaired) electrons. The van der Waals surface area contributed by atoms with Crippen LogP contribution in [0.1, 0.15) is 30.4 Å². The number of amides is 1. The van der Waals surface area contributed by atoms with E-state index in [4.69, 9.17) is 11.6 Å². The molecule has 0 aliphatic carbocycles. The first kappa shape index (κ1) is 19.3. The number of carbonyl (C=O) groups is 1. The van der Waals surface area contributed by atoms with Crippen LogP contribution in [-0.4, -0.2) is 29.6 Å². The summed E-state index contributed by atoms with van der Waals surface area (Å²) >= 11 is 7.38. The summed E-state index contributed by atoms with van der Waals surface area (Å²) in [5, 5.41) is 3.70. The highest BCUT2D eigenvalue weighted by Gasteiger charge is 2.10. The van der Waals surface area contributed by atoms with Crippen molar-refractivity contribution in [3.8, 4) is 0 Å². The first-order chi connectivity index (χ1) is 12.7. The van der Waals surface area contributed by atoms with Gasteiger partial charge in [-0.25, -0.2) is 0 Å². The molecule has 1 aliphatic heterocycles. The van der Waals surface area contributed by atoms with Crippen LogP contribution in [0.2, 0.25) is 5.02 Å². The molecule has 5 heteroatoms. The van der Waals surface area contributed by atoms with Crippen LogP contribution in [0.15, 0.2) is 53.4 Å². The number of likely N-dealkylation sites (tertiary alicyclic amines) is 1. The van der Waals surface area contributed by atoms with Crippen LogP contribution >= 0.6 is 23.4 Å². The Balaban J connectivity index is 1.39. The molecule has 0 aromatic heterocycles. The maximum absolute atomic E-state index is 12.0. The van der Waals surface area contributed by atoms with Crippen molar-refractivity contribution in [1.82, 2.24) is 10.2 Å². The van der Waals surface area contributed by atoms with Crippen molar-refractivity contribution in [2.24, 2.45) is 0 Å². The first-order valence-corrected chi connectivity index (χ1v) is 10.5. The van der Waals surface area contributed by atoms with Gasteiger partial charge in [0.2, 0.25) is 5.91 Å². The van der Waals surface area contributed by atoms with Crippen molar-refractivity contribution in [2.75, 3.05) is 18.8 Å². The molecular weight excluding hydrogens is 364 g/mol. The number of rotatable bonds is 7. The van der Waals surface area contributed by atoms with E-state index in [2.05, 4.69) is 34.5 Å². The number of hydrogen-bond acceptors (Lipinski definition) is 3. The molecule has 1 aliphatic rings. The molecular formula is C21H25ClN2OS. The van der Waals surface area contributed by atoms with Crippen molar-refractivity contribution in [1.29, 1.82) is 0 Å². The molecule has 1 saturated heterocycles. The predicted octanol–water partition coefficient (Wildman–Crippen LogP) is 4.73. The molecule has 3 nitrogen and oxygen atoms in total. The second-order valence-corrected chi connectivity index (χ2v) is 8.16. The number of hydrogen-bond donors (Lipinski definition) is 1. The number of benzene rings is 2. The number of carbonyl (C=O) groups excluding carboxylic acids is 1. The summed E-state index contributed by atoms with van der Waals surface area (Å²) in [6.45, 7) is 4.03. The van der Waals surface area contributed by atoms with Gasteiger partial charge in [-0.05, 0) is 61.3 Å². The molecule has 2 aromatic rings. The Hall–Kier alpha value is -1.49. The second kappa shape index (κ2) is 10.0. The van der Waals surface area contributed by atoms with E-state index in [1.807, 2.05) is 24.3 Å². The summed E-state index contributed by atoms with van der Waals surface area (Å²) in [5.41, 5.74) is 2.48. The highest BCUT2D eigenvalue weighted by Crippen LogP contribution is 2.20. The van der Waals surface area contributed by atoms with Crippen molar-refractivity contribution >= 4 is 29.3 Å². The van der Waals surface area contributed by atoms with E-state index in [1.54, 1.807) is 0 Å². The van der Waals surface area contributed by atoms with Crippen LogP contribution in [0.3, 0.4) is 0 Å². The summed E-state index contributed by atoms with van der Waals surface area (Å²) in [6, 6.07) is 16.1. The van der Waals surface area contributed by atoms with Gasteiger partial charge in [-0.1, -0.05) is 42.3 Å². The summed E-state index contributed by atoms with van der Waals surface area (Å²) in [7, 11) is 0. The molecule has 1 N–H and O–H groups in total. The lowest BCUT2D eigenvalue weighted by molar-refractivity contribution is -0.118. The van der Waals surface area contributed by atoms with Crippen LogP contribution in [0.5, 0.6) is 0 Å². The van der Waals surface area contributed by atoms with Gasteiger partial charge in [-0.2, -0.15) is 0 Å². The molecule has 138 valence electrons. The van der Waals surface area contributed by atoms with E-state index in [-0.39, 0.29) is 5.91 Å². The molecule has 1 heterocycles. The monoisotopic (exact) mass is 388 g/mol. The summed E-state index contributed by atoms with van der Waals surface area (Å²) in [5.74, 6) is 0.455. The maximum atomic E-state index is 12.0. The largest absolute Gasteiger partial charge is 0.351 e. The Labute approximate surface area is 165 Å². The first-order valence-electron chi connectivity index (χ1n) is 9.14. The van der Waals surface area contributed by atoms with Crippen LogP contribution in [0, 0.1) is 0 Å². The van der Waals surface area contributed by atoms with Gasteiger partial charge in [0, 0.05) is 23.0 Å². The molecule has 1 fully saturated rings. The van der Waals surface area contributed by atoms with Gasteiger partial charge in [-0.3, -0.25) is 9.69 Å². The van der Waals surface area contributed by atoms with E-state index in [9.17, 15) is 4.79 Å². The molecule has 0 bridgehead atoms. The Bertz CT molecular complexity index is 697. The van der Waals surface area contributed by atoms with Crippen LogP contribution in [0.25, 0.3) is 0 Å². The Morgan fingerprint density at radius 3 is 2.31 bits per heavy atom. The van der Waals surface area contributed by atoms with E-state index in [0.717, 1.165) is 17.0 Å². The smallest absolute Gasteiger partial charge is 0.230 e. The summed E-state index contributed by atoms with van der Waals surface area (Å²) in [6.07, 6.45) is 4.00. The van der Waals surface area contributed by atoms with E-state index >= 15 is 0 Å². The van der Waals surface area contributed by atoms with Gasteiger partial charge in [-0.15, -0.1) is 11.8 Å². The van der Waals surface area contributed by atoms with Crippen LogP contribution in [-0.2, 0) is 17.9 Å². The van der Waals surface area contributed by atoms with Crippen molar-refractivity contribution in [3.05, 3.63) is 64.7 Å². The minimum absolute atomic E-state index is 0.0438. The highest BCUT2D eigenvalue weighted by atomic mass is 35.5. The SMILES string of the molecule is O=C(CSc1ccc(Cl)cc1)NCc1ccc(CN2CCCCC2)cc1. The van der Waals surface area contributed by atoms with Crippen LogP contribution < -0.4 is 5.32 Å². The van der Waals surface area contributed by atoms with Crippen molar-refractivity contribution in [2.45, 2.75) is 37.2 Å². The molecule has 3 rings (SSSR count). The summed E-state index contributed by atoms with van der Waals surface area (Å²) < 4.78 is 0. The summed E-state index contributed by atoms with van der Waals surface area (Å²) in [4.78, 5) is 15.6. The molecule has 1 amide bonds. The molecule has 0 saturated carbocycles. The lowest BCUT2D eigenvalue weighted by Crippen LogP contribution is -2.29. The average Bonchev–Trinajstić information content (AvgIpc) is 2.68. The predicted molar refractivity (Wildman–Crippen MR) is 110 cm³/mol. The number of nitrogens with zero attached hydrogens (tertiary/aromatic N) is 1. The van der Waals surface area contributed by atoms with Gasteiger partial charge >= 0.3 is 0 Å². The molecule has 0 atom stereocenters. The number of halogens is 1. The number of nitrogens with one attached hydrogen (secondary N) is 1. The highest BCUT2D eigenvalue weighted by molar-refractivity contribution is 8.00.